The van der Waals surface area contributed by atoms with Gasteiger partial charge in [-0.2, -0.15) is 0 Å². The maximum absolute atomic E-state index is 12.7. The van der Waals surface area contributed by atoms with Gasteiger partial charge in [0.1, 0.15) is 5.65 Å². The number of carbonyl (C=O) groups is 1. The second kappa shape index (κ2) is 7.09. The van der Waals surface area contributed by atoms with E-state index in [0.717, 1.165) is 46.9 Å². The van der Waals surface area contributed by atoms with E-state index in [0.29, 0.717) is 6.04 Å². The normalized spacial score (nSPS) is 22.0. The molecule has 0 saturated carbocycles. The molecule has 3 N–H and O–H groups in total. The predicted molar refractivity (Wildman–Crippen MR) is 103 cm³/mol. The van der Waals surface area contributed by atoms with Crippen molar-refractivity contribution >= 4 is 34.4 Å². The minimum Gasteiger partial charge on any atom is -0.348 e. The summed E-state index contributed by atoms with van der Waals surface area (Å²) in [5, 5.41) is 7.69. The van der Waals surface area contributed by atoms with E-state index in [1.807, 2.05) is 24.5 Å². The molecule has 0 spiro atoms. The van der Waals surface area contributed by atoms with Crippen molar-refractivity contribution in [3.05, 3.63) is 35.6 Å². The number of anilines is 1. The second-order valence-electron chi connectivity index (χ2n) is 6.57. The van der Waals surface area contributed by atoms with Gasteiger partial charge in [-0.05, 0) is 38.4 Å². The van der Waals surface area contributed by atoms with Gasteiger partial charge in [0.05, 0.1) is 10.6 Å². The van der Waals surface area contributed by atoms with E-state index in [4.69, 9.17) is 0 Å². The molecule has 2 aliphatic heterocycles. The Morgan fingerprint density at radius 1 is 1.48 bits per heavy atom. The number of aromatic amines is 1. The molecule has 1 amide bonds. The van der Waals surface area contributed by atoms with Crippen LogP contribution in [0, 0.1) is 0 Å². The fraction of sp³-hybridized carbons (Fsp3) is 0.444. The zero-order valence-electron chi connectivity index (χ0n) is 14.3. The molecule has 2 aliphatic rings. The van der Waals surface area contributed by atoms with Crippen LogP contribution < -0.4 is 15.5 Å². The molecule has 0 aromatic carbocycles. The number of amides is 1. The summed E-state index contributed by atoms with van der Waals surface area (Å²) in [6.45, 7) is 4.01. The number of nitrogens with one attached hydrogen (secondary N) is 3. The van der Waals surface area contributed by atoms with Crippen LogP contribution in [0.1, 0.15) is 19.8 Å². The molecule has 2 aromatic rings. The van der Waals surface area contributed by atoms with Gasteiger partial charge in [-0.3, -0.25) is 4.79 Å². The van der Waals surface area contributed by atoms with Crippen molar-refractivity contribution in [1.82, 2.24) is 20.6 Å². The molecule has 0 aliphatic carbocycles. The summed E-state index contributed by atoms with van der Waals surface area (Å²) in [7, 11) is 0. The summed E-state index contributed by atoms with van der Waals surface area (Å²) in [4.78, 5) is 23.1. The fourth-order valence-electron chi connectivity index (χ4n) is 3.53. The number of thioether (sulfide) groups is 1. The van der Waals surface area contributed by atoms with Crippen LogP contribution in [0.5, 0.6) is 0 Å². The minimum atomic E-state index is 0.0234. The first-order chi connectivity index (χ1) is 12.2. The topological polar surface area (TPSA) is 73.0 Å². The Morgan fingerprint density at radius 3 is 3.24 bits per heavy atom. The molecule has 2 aromatic heterocycles. The Balaban J connectivity index is 1.52. The lowest BCUT2D eigenvalue weighted by Crippen LogP contribution is -2.46. The number of nitrogens with zero attached hydrogens (tertiary/aromatic N) is 2. The Hall–Kier alpha value is -1.99. The lowest BCUT2D eigenvalue weighted by atomic mass is 10.1. The third kappa shape index (κ3) is 3.39. The van der Waals surface area contributed by atoms with Crippen molar-refractivity contribution in [3.8, 4) is 0 Å². The third-order valence-electron chi connectivity index (χ3n) is 4.89. The van der Waals surface area contributed by atoms with Crippen molar-refractivity contribution < 1.29 is 4.79 Å². The van der Waals surface area contributed by atoms with E-state index in [-0.39, 0.29) is 11.9 Å². The number of fused-ring (bicyclic) bond motifs is 1. The van der Waals surface area contributed by atoms with Gasteiger partial charge in [-0.25, -0.2) is 4.98 Å². The highest BCUT2D eigenvalue weighted by Crippen LogP contribution is 2.30. The number of hydrogen-bond acceptors (Lipinski definition) is 5. The summed E-state index contributed by atoms with van der Waals surface area (Å²) in [5.41, 5.74) is 1.96. The predicted octanol–water partition coefficient (Wildman–Crippen LogP) is 2.21. The zero-order chi connectivity index (χ0) is 17.2. The average molecular weight is 357 g/mol. The van der Waals surface area contributed by atoms with Gasteiger partial charge in [0, 0.05) is 48.4 Å². The maximum atomic E-state index is 12.7. The van der Waals surface area contributed by atoms with E-state index in [1.165, 1.54) is 6.42 Å². The van der Waals surface area contributed by atoms with Crippen LogP contribution in [-0.4, -0.2) is 46.8 Å². The van der Waals surface area contributed by atoms with Crippen molar-refractivity contribution in [3.63, 3.8) is 0 Å². The average Bonchev–Trinajstić information content (AvgIpc) is 3.33. The molecule has 0 bridgehead atoms. The molecule has 0 radical (unpaired) electrons. The van der Waals surface area contributed by atoms with Gasteiger partial charge in [0.25, 0.3) is 5.91 Å². The van der Waals surface area contributed by atoms with Gasteiger partial charge in [0.15, 0.2) is 0 Å². The molecule has 1 saturated heterocycles. The second-order valence-corrected chi connectivity index (χ2v) is 7.71. The number of carbonyl (C=O) groups excluding carboxylic acids is 1. The molecule has 2 atom stereocenters. The van der Waals surface area contributed by atoms with E-state index in [9.17, 15) is 4.79 Å². The van der Waals surface area contributed by atoms with Crippen LogP contribution in [0.15, 0.2) is 35.6 Å². The summed E-state index contributed by atoms with van der Waals surface area (Å²) in [6, 6.07) is 4.56. The SMILES string of the molecule is CC(NC(=O)C1=CN(c2ccnc3[nH]ccc23)CCS1)C1CCCN1. The van der Waals surface area contributed by atoms with E-state index in [1.54, 1.807) is 18.0 Å². The number of hydrogen-bond donors (Lipinski definition) is 3. The summed E-state index contributed by atoms with van der Waals surface area (Å²) in [6.07, 6.45) is 7.98. The van der Waals surface area contributed by atoms with Crippen molar-refractivity contribution in [2.75, 3.05) is 23.7 Å². The van der Waals surface area contributed by atoms with Crippen LogP contribution in [0.3, 0.4) is 0 Å². The molecule has 132 valence electrons. The quantitative estimate of drug-likeness (QED) is 0.782. The number of rotatable bonds is 4. The van der Waals surface area contributed by atoms with Gasteiger partial charge >= 0.3 is 0 Å². The Morgan fingerprint density at radius 2 is 2.40 bits per heavy atom. The lowest BCUT2D eigenvalue weighted by Gasteiger charge is -2.28. The highest BCUT2D eigenvalue weighted by molar-refractivity contribution is 8.04. The largest absolute Gasteiger partial charge is 0.348 e. The minimum absolute atomic E-state index is 0.0234. The number of pyridine rings is 1. The molecule has 6 nitrogen and oxygen atoms in total. The highest BCUT2D eigenvalue weighted by Gasteiger charge is 2.25. The maximum Gasteiger partial charge on any atom is 0.259 e. The Kier molecular flexibility index (Phi) is 4.67. The fourth-order valence-corrected chi connectivity index (χ4v) is 4.42. The standard InChI is InChI=1S/C18H23N5OS/c1-12(14-3-2-6-19-14)22-18(24)16-11-23(9-10-25-16)15-5-8-21-17-13(15)4-7-20-17/h4-5,7-8,11-12,14,19H,2-3,6,9-10H2,1H3,(H,20,21)(H,22,24). The third-order valence-corrected chi connectivity index (χ3v) is 5.88. The molecule has 1 fully saturated rings. The Bertz CT molecular complexity index is 796. The molecule has 25 heavy (non-hydrogen) atoms. The molecular weight excluding hydrogens is 334 g/mol. The van der Waals surface area contributed by atoms with Gasteiger partial charge in [-0.15, -0.1) is 11.8 Å². The van der Waals surface area contributed by atoms with Crippen molar-refractivity contribution in [2.45, 2.75) is 31.8 Å². The lowest BCUT2D eigenvalue weighted by molar-refractivity contribution is -0.117. The molecule has 7 heteroatoms. The first-order valence-electron chi connectivity index (χ1n) is 8.80. The van der Waals surface area contributed by atoms with Crippen LogP contribution in [-0.2, 0) is 4.79 Å². The number of aromatic nitrogens is 2. The highest BCUT2D eigenvalue weighted by atomic mass is 32.2. The van der Waals surface area contributed by atoms with Crippen LogP contribution in [0.4, 0.5) is 5.69 Å². The first kappa shape index (κ1) is 16.5. The van der Waals surface area contributed by atoms with E-state index < -0.39 is 0 Å². The summed E-state index contributed by atoms with van der Waals surface area (Å²) < 4.78 is 0. The Labute approximate surface area is 151 Å². The number of H-pyrrole nitrogens is 1. The van der Waals surface area contributed by atoms with Crippen LogP contribution >= 0.6 is 11.8 Å². The van der Waals surface area contributed by atoms with E-state index in [2.05, 4.69) is 32.4 Å². The summed E-state index contributed by atoms with van der Waals surface area (Å²) >= 11 is 1.63. The van der Waals surface area contributed by atoms with Gasteiger partial charge in [-0.1, -0.05) is 0 Å². The molecular formula is C18H23N5OS. The smallest absolute Gasteiger partial charge is 0.259 e. The van der Waals surface area contributed by atoms with Gasteiger partial charge in [0.2, 0.25) is 0 Å². The monoisotopic (exact) mass is 357 g/mol. The molecule has 4 rings (SSSR count). The van der Waals surface area contributed by atoms with E-state index >= 15 is 0 Å². The van der Waals surface area contributed by atoms with Crippen LogP contribution in [0.25, 0.3) is 11.0 Å². The zero-order valence-corrected chi connectivity index (χ0v) is 15.1. The summed E-state index contributed by atoms with van der Waals surface area (Å²) in [5.74, 6) is 0.916. The van der Waals surface area contributed by atoms with Crippen molar-refractivity contribution in [1.29, 1.82) is 0 Å². The molecule has 2 unspecified atom stereocenters. The first-order valence-corrected chi connectivity index (χ1v) is 9.78. The van der Waals surface area contributed by atoms with Gasteiger partial charge < -0.3 is 20.5 Å². The van der Waals surface area contributed by atoms with Crippen LogP contribution in [0.2, 0.25) is 0 Å². The molecule has 4 heterocycles. The van der Waals surface area contributed by atoms with Crippen molar-refractivity contribution in [2.24, 2.45) is 0 Å².